The van der Waals surface area contributed by atoms with Gasteiger partial charge in [-0.1, -0.05) is 0 Å². The van der Waals surface area contributed by atoms with E-state index < -0.39 is 0 Å². The van der Waals surface area contributed by atoms with E-state index in [0.29, 0.717) is 18.2 Å². The van der Waals surface area contributed by atoms with Crippen molar-refractivity contribution in [2.45, 2.75) is 25.8 Å². The van der Waals surface area contributed by atoms with Crippen LogP contribution in [-0.2, 0) is 4.74 Å². The van der Waals surface area contributed by atoms with Crippen molar-refractivity contribution in [3.63, 3.8) is 0 Å². The van der Waals surface area contributed by atoms with Crippen molar-refractivity contribution in [1.29, 1.82) is 0 Å². The van der Waals surface area contributed by atoms with Crippen molar-refractivity contribution < 1.29 is 9.53 Å². The summed E-state index contributed by atoms with van der Waals surface area (Å²) in [6, 6.07) is 6.03. The van der Waals surface area contributed by atoms with Gasteiger partial charge in [-0.05, 0) is 60.4 Å². The molecule has 4 nitrogen and oxygen atoms in total. The monoisotopic (exact) mass is 326 g/mol. The Morgan fingerprint density at radius 3 is 3.05 bits per heavy atom. The van der Waals surface area contributed by atoms with Crippen LogP contribution in [0.1, 0.15) is 30.1 Å². The lowest BCUT2D eigenvalue weighted by Crippen LogP contribution is -2.29. The van der Waals surface area contributed by atoms with Crippen LogP contribution in [0.5, 0.6) is 0 Å². The molecule has 2 rings (SSSR count). The molecule has 5 heteroatoms. The van der Waals surface area contributed by atoms with Gasteiger partial charge in [0.2, 0.25) is 0 Å². The molecule has 1 saturated heterocycles. The van der Waals surface area contributed by atoms with E-state index in [9.17, 15) is 4.79 Å². The number of hydrogen-bond donors (Lipinski definition) is 2. The topological polar surface area (TPSA) is 50.4 Å². The summed E-state index contributed by atoms with van der Waals surface area (Å²) in [4.78, 5) is 11.6. The smallest absolute Gasteiger partial charge is 0.338 e. The maximum absolute atomic E-state index is 11.6. The molecule has 2 N–H and O–H groups in total. The summed E-state index contributed by atoms with van der Waals surface area (Å²) in [5, 5.41) is 6.83. The molecular weight excluding hydrogens is 308 g/mol. The highest BCUT2D eigenvalue weighted by Gasteiger charge is 2.14. The first-order chi connectivity index (χ1) is 9.20. The van der Waals surface area contributed by atoms with Gasteiger partial charge in [0, 0.05) is 22.7 Å². The van der Waals surface area contributed by atoms with Gasteiger partial charge >= 0.3 is 5.97 Å². The van der Waals surface area contributed by atoms with E-state index >= 15 is 0 Å². The van der Waals surface area contributed by atoms with Crippen LogP contribution in [-0.4, -0.2) is 31.7 Å². The van der Waals surface area contributed by atoms with Gasteiger partial charge in [-0.15, -0.1) is 0 Å². The van der Waals surface area contributed by atoms with E-state index in [1.807, 2.05) is 6.07 Å². The van der Waals surface area contributed by atoms with Crippen molar-refractivity contribution in [2.24, 2.45) is 0 Å². The lowest BCUT2D eigenvalue weighted by atomic mass is 10.2. The SMILES string of the molecule is CCOC(=O)c1ccc(NCC2CCCN2)c(Br)c1. The van der Waals surface area contributed by atoms with E-state index in [2.05, 4.69) is 26.6 Å². The van der Waals surface area contributed by atoms with Crippen LogP contribution in [0.15, 0.2) is 22.7 Å². The number of rotatable bonds is 5. The second-order valence-corrected chi connectivity index (χ2v) is 5.44. The molecular formula is C14H19BrN2O2. The summed E-state index contributed by atoms with van der Waals surface area (Å²) < 4.78 is 5.86. The van der Waals surface area contributed by atoms with Crippen LogP contribution >= 0.6 is 15.9 Å². The molecule has 0 aromatic heterocycles. The first-order valence-electron chi connectivity index (χ1n) is 6.64. The highest BCUT2D eigenvalue weighted by Crippen LogP contribution is 2.24. The number of carbonyl (C=O) groups excluding carboxylic acids is 1. The van der Waals surface area contributed by atoms with Gasteiger partial charge < -0.3 is 15.4 Å². The summed E-state index contributed by atoms with van der Waals surface area (Å²) in [7, 11) is 0. The molecule has 1 unspecified atom stereocenters. The molecule has 0 spiro atoms. The lowest BCUT2D eigenvalue weighted by Gasteiger charge is -2.14. The van der Waals surface area contributed by atoms with Gasteiger partial charge in [-0.2, -0.15) is 0 Å². The molecule has 1 aromatic carbocycles. The Bertz CT molecular complexity index is 445. The highest BCUT2D eigenvalue weighted by molar-refractivity contribution is 9.10. The normalized spacial score (nSPS) is 18.3. The third-order valence-electron chi connectivity index (χ3n) is 3.18. The number of carbonyl (C=O) groups is 1. The average molecular weight is 327 g/mol. The predicted octanol–water partition coefficient (Wildman–Crippen LogP) is 2.79. The minimum absolute atomic E-state index is 0.285. The van der Waals surface area contributed by atoms with Crippen LogP contribution in [0.4, 0.5) is 5.69 Å². The fourth-order valence-corrected chi connectivity index (χ4v) is 2.68. The number of esters is 1. The summed E-state index contributed by atoms with van der Waals surface area (Å²) in [5.74, 6) is -0.285. The Morgan fingerprint density at radius 1 is 1.58 bits per heavy atom. The second kappa shape index (κ2) is 6.91. The summed E-state index contributed by atoms with van der Waals surface area (Å²) in [6.07, 6.45) is 2.46. The number of anilines is 1. The van der Waals surface area contributed by atoms with Crippen LogP contribution < -0.4 is 10.6 Å². The van der Waals surface area contributed by atoms with Crippen LogP contribution in [0.2, 0.25) is 0 Å². The molecule has 1 aliphatic rings. The summed E-state index contributed by atoms with van der Waals surface area (Å²) in [6.45, 7) is 4.20. The number of nitrogens with one attached hydrogen (secondary N) is 2. The Labute approximate surface area is 122 Å². The zero-order valence-corrected chi connectivity index (χ0v) is 12.6. The molecule has 0 aliphatic carbocycles. The van der Waals surface area contributed by atoms with Gasteiger partial charge in [0.05, 0.1) is 12.2 Å². The van der Waals surface area contributed by atoms with Crippen molar-refractivity contribution in [2.75, 3.05) is 25.0 Å². The Kier molecular flexibility index (Phi) is 5.22. The lowest BCUT2D eigenvalue weighted by molar-refractivity contribution is 0.0526. The van der Waals surface area contributed by atoms with Gasteiger partial charge in [-0.25, -0.2) is 4.79 Å². The standard InChI is InChI=1S/C14H19BrN2O2/c1-2-19-14(18)10-5-6-13(12(15)8-10)17-9-11-4-3-7-16-11/h5-6,8,11,16-17H,2-4,7,9H2,1H3. The van der Waals surface area contributed by atoms with E-state index in [0.717, 1.165) is 23.2 Å². The van der Waals surface area contributed by atoms with Crippen molar-refractivity contribution in [1.82, 2.24) is 5.32 Å². The first kappa shape index (κ1) is 14.3. The molecule has 0 bridgehead atoms. The Hall–Kier alpha value is -1.07. The van der Waals surface area contributed by atoms with E-state index in [1.165, 1.54) is 12.8 Å². The molecule has 1 aliphatic heterocycles. The molecule has 0 saturated carbocycles. The fraction of sp³-hybridized carbons (Fsp3) is 0.500. The number of halogens is 1. The molecule has 1 aromatic rings. The number of hydrogen-bond acceptors (Lipinski definition) is 4. The zero-order valence-electron chi connectivity index (χ0n) is 11.0. The van der Waals surface area contributed by atoms with Gasteiger partial charge in [0.15, 0.2) is 0 Å². The quantitative estimate of drug-likeness (QED) is 0.817. The Morgan fingerprint density at radius 2 is 2.42 bits per heavy atom. The molecule has 1 atom stereocenters. The summed E-state index contributed by atoms with van der Waals surface area (Å²) in [5.41, 5.74) is 1.57. The molecule has 0 radical (unpaired) electrons. The van der Waals surface area contributed by atoms with Gasteiger partial charge in [-0.3, -0.25) is 0 Å². The maximum Gasteiger partial charge on any atom is 0.338 e. The van der Waals surface area contributed by atoms with E-state index in [-0.39, 0.29) is 5.97 Å². The third kappa shape index (κ3) is 3.94. The highest BCUT2D eigenvalue weighted by atomic mass is 79.9. The van der Waals surface area contributed by atoms with Crippen LogP contribution in [0.25, 0.3) is 0 Å². The second-order valence-electron chi connectivity index (χ2n) is 4.59. The maximum atomic E-state index is 11.6. The summed E-state index contributed by atoms with van der Waals surface area (Å²) >= 11 is 3.49. The molecule has 0 amide bonds. The minimum Gasteiger partial charge on any atom is -0.462 e. The van der Waals surface area contributed by atoms with Gasteiger partial charge in [0.1, 0.15) is 0 Å². The largest absolute Gasteiger partial charge is 0.462 e. The van der Waals surface area contributed by atoms with Crippen molar-refractivity contribution >= 4 is 27.6 Å². The molecule has 19 heavy (non-hydrogen) atoms. The molecule has 104 valence electrons. The third-order valence-corrected chi connectivity index (χ3v) is 3.84. The van der Waals surface area contributed by atoms with Crippen molar-refractivity contribution in [3.05, 3.63) is 28.2 Å². The minimum atomic E-state index is -0.285. The van der Waals surface area contributed by atoms with Gasteiger partial charge in [0.25, 0.3) is 0 Å². The van der Waals surface area contributed by atoms with Crippen LogP contribution in [0.3, 0.4) is 0 Å². The zero-order chi connectivity index (χ0) is 13.7. The number of benzene rings is 1. The van der Waals surface area contributed by atoms with E-state index in [4.69, 9.17) is 4.74 Å². The average Bonchev–Trinajstić information content (AvgIpc) is 2.90. The fourth-order valence-electron chi connectivity index (χ4n) is 2.16. The Balaban J connectivity index is 1.96. The number of ether oxygens (including phenoxy) is 1. The predicted molar refractivity (Wildman–Crippen MR) is 79.6 cm³/mol. The van der Waals surface area contributed by atoms with Crippen molar-refractivity contribution in [3.8, 4) is 0 Å². The molecule has 1 fully saturated rings. The van der Waals surface area contributed by atoms with E-state index in [1.54, 1.807) is 19.1 Å². The first-order valence-corrected chi connectivity index (χ1v) is 7.44. The van der Waals surface area contributed by atoms with Crippen LogP contribution in [0, 0.1) is 0 Å². The molecule has 1 heterocycles.